The summed E-state index contributed by atoms with van der Waals surface area (Å²) in [4.78, 5) is 5.04. The molecule has 0 atom stereocenters. The average molecular weight is 213 g/mol. The molecule has 1 fully saturated rings. The maximum atomic E-state index is 6.03. The number of nitrogens with zero attached hydrogens (tertiary/aromatic N) is 2. The van der Waals surface area contributed by atoms with Crippen molar-refractivity contribution in [2.75, 3.05) is 39.3 Å². The van der Waals surface area contributed by atoms with Crippen molar-refractivity contribution in [2.45, 2.75) is 33.2 Å². The van der Waals surface area contributed by atoms with Crippen LogP contribution in [0.3, 0.4) is 0 Å². The monoisotopic (exact) mass is 213 g/mol. The Hall–Kier alpha value is -0.120. The predicted molar refractivity (Wildman–Crippen MR) is 66.0 cm³/mol. The average Bonchev–Trinajstić information content (AvgIpc) is 2.05. The Morgan fingerprint density at radius 3 is 1.93 bits per heavy atom. The van der Waals surface area contributed by atoms with E-state index in [0.29, 0.717) is 0 Å². The summed E-state index contributed by atoms with van der Waals surface area (Å²) < 4.78 is 0. The third kappa shape index (κ3) is 5.50. The van der Waals surface area contributed by atoms with E-state index in [0.717, 1.165) is 12.5 Å². The molecule has 2 N–H and O–H groups in total. The Labute approximate surface area is 94.6 Å². The fraction of sp³-hybridized carbons (Fsp3) is 1.00. The van der Waals surface area contributed by atoms with Crippen molar-refractivity contribution in [2.24, 2.45) is 11.7 Å². The molecule has 0 bridgehead atoms. The van der Waals surface area contributed by atoms with Crippen LogP contribution in [-0.2, 0) is 0 Å². The van der Waals surface area contributed by atoms with E-state index in [2.05, 4.69) is 37.5 Å². The first-order chi connectivity index (χ1) is 6.87. The normalized spacial score (nSPS) is 21.2. The largest absolute Gasteiger partial charge is 0.324 e. The van der Waals surface area contributed by atoms with E-state index in [1.807, 2.05) is 0 Å². The fourth-order valence-corrected chi connectivity index (χ4v) is 2.22. The molecule has 0 amide bonds. The Kier molecular flexibility index (Phi) is 4.56. The van der Waals surface area contributed by atoms with Gasteiger partial charge in [-0.3, -0.25) is 4.90 Å². The van der Waals surface area contributed by atoms with Gasteiger partial charge in [-0.2, -0.15) is 0 Å². The SMILES string of the molecule is CC(C)CN1CCN(CC(C)(C)N)CC1. The van der Waals surface area contributed by atoms with Gasteiger partial charge in [0.05, 0.1) is 0 Å². The van der Waals surface area contributed by atoms with Crippen LogP contribution < -0.4 is 5.73 Å². The zero-order chi connectivity index (χ0) is 11.5. The Morgan fingerprint density at radius 2 is 1.53 bits per heavy atom. The van der Waals surface area contributed by atoms with Crippen LogP contribution in [0.5, 0.6) is 0 Å². The molecule has 3 nitrogen and oxygen atoms in total. The van der Waals surface area contributed by atoms with Gasteiger partial charge < -0.3 is 10.6 Å². The Morgan fingerprint density at radius 1 is 1.07 bits per heavy atom. The molecule has 15 heavy (non-hydrogen) atoms. The van der Waals surface area contributed by atoms with Crippen molar-refractivity contribution >= 4 is 0 Å². The standard InChI is InChI=1S/C12H27N3/c1-11(2)9-14-5-7-15(8-6-14)10-12(3,4)13/h11H,5-10,13H2,1-4H3. The molecule has 90 valence electrons. The van der Waals surface area contributed by atoms with Crippen LogP contribution in [0.15, 0.2) is 0 Å². The lowest BCUT2D eigenvalue weighted by Gasteiger charge is -2.38. The predicted octanol–water partition coefficient (Wildman–Crippen LogP) is 0.997. The van der Waals surface area contributed by atoms with Crippen molar-refractivity contribution in [3.8, 4) is 0 Å². The van der Waals surface area contributed by atoms with E-state index in [9.17, 15) is 0 Å². The third-order valence-electron chi connectivity index (χ3n) is 2.72. The molecule has 0 aromatic heterocycles. The lowest BCUT2D eigenvalue weighted by atomic mass is 10.1. The second-order valence-corrected chi connectivity index (χ2v) is 5.96. The highest BCUT2D eigenvalue weighted by Gasteiger charge is 2.21. The summed E-state index contributed by atoms with van der Waals surface area (Å²) in [6.07, 6.45) is 0. The molecule has 0 saturated carbocycles. The van der Waals surface area contributed by atoms with Crippen LogP contribution in [0.2, 0.25) is 0 Å². The maximum absolute atomic E-state index is 6.03. The molecule has 1 aliphatic heterocycles. The van der Waals surface area contributed by atoms with Crippen LogP contribution in [0.25, 0.3) is 0 Å². The van der Waals surface area contributed by atoms with Gasteiger partial charge in [0, 0.05) is 44.8 Å². The molecule has 1 heterocycles. The zero-order valence-corrected chi connectivity index (χ0v) is 10.8. The molecule has 0 radical (unpaired) electrons. The molecule has 0 aromatic carbocycles. The van der Waals surface area contributed by atoms with Crippen molar-refractivity contribution < 1.29 is 0 Å². The van der Waals surface area contributed by atoms with E-state index in [4.69, 9.17) is 5.73 Å². The number of hydrogen-bond donors (Lipinski definition) is 1. The van der Waals surface area contributed by atoms with Gasteiger partial charge in [0.2, 0.25) is 0 Å². The van der Waals surface area contributed by atoms with Gasteiger partial charge >= 0.3 is 0 Å². The molecule has 3 heteroatoms. The molecule has 0 spiro atoms. The first kappa shape index (κ1) is 12.9. The van der Waals surface area contributed by atoms with Crippen molar-refractivity contribution in [1.82, 2.24) is 9.80 Å². The summed E-state index contributed by atoms with van der Waals surface area (Å²) in [5.41, 5.74) is 5.97. The molecular weight excluding hydrogens is 186 g/mol. The lowest BCUT2D eigenvalue weighted by Crippen LogP contribution is -2.53. The highest BCUT2D eigenvalue weighted by atomic mass is 15.3. The van der Waals surface area contributed by atoms with Crippen LogP contribution in [0.4, 0.5) is 0 Å². The van der Waals surface area contributed by atoms with E-state index in [1.54, 1.807) is 0 Å². The van der Waals surface area contributed by atoms with Gasteiger partial charge in [0.25, 0.3) is 0 Å². The lowest BCUT2D eigenvalue weighted by molar-refractivity contribution is 0.108. The van der Waals surface area contributed by atoms with Crippen LogP contribution in [0, 0.1) is 5.92 Å². The molecule has 1 rings (SSSR count). The second kappa shape index (κ2) is 5.28. The van der Waals surface area contributed by atoms with E-state index >= 15 is 0 Å². The van der Waals surface area contributed by atoms with Crippen LogP contribution in [-0.4, -0.2) is 54.6 Å². The number of hydrogen-bond acceptors (Lipinski definition) is 3. The molecule has 1 aliphatic rings. The summed E-state index contributed by atoms with van der Waals surface area (Å²) >= 11 is 0. The molecule has 0 aliphatic carbocycles. The molecule has 1 saturated heterocycles. The van der Waals surface area contributed by atoms with Crippen LogP contribution >= 0.6 is 0 Å². The minimum atomic E-state index is -0.0553. The summed E-state index contributed by atoms with van der Waals surface area (Å²) in [5.74, 6) is 0.780. The minimum absolute atomic E-state index is 0.0553. The smallest absolute Gasteiger partial charge is 0.0226 e. The fourth-order valence-electron chi connectivity index (χ4n) is 2.22. The highest BCUT2D eigenvalue weighted by Crippen LogP contribution is 2.08. The van der Waals surface area contributed by atoms with Gasteiger partial charge in [-0.15, -0.1) is 0 Å². The number of piperazine rings is 1. The minimum Gasteiger partial charge on any atom is -0.324 e. The van der Waals surface area contributed by atoms with Crippen molar-refractivity contribution in [3.63, 3.8) is 0 Å². The van der Waals surface area contributed by atoms with Crippen molar-refractivity contribution in [3.05, 3.63) is 0 Å². The number of nitrogens with two attached hydrogens (primary N) is 1. The van der Waals surface area contributed by atoms with Gasteiger partial charge in [-0.1, -0.05) is 13.8 Å². The van der Waals surface area contributed by atoms with Gasteiger partial charge in [-0.05, 0) is 19.8 Å². The first-order valence-corrected chi connectivity index (χ1v) is 6.10. The maximum Gasteiger partial charge on any atom is 0.0226 e. The topological polar surface area (TPSA) is 32.5 Å². The summed E-state index contributed by atoms with van der Waals surface area (Å²) in [5, 5.41) is 0. The zero-order valence-electron chi connectivity index (χ0n) is 10.8. The van der Waals surface area contributed by atoms with Gasteiger partial charge in [-0.25, -0.2) is 0 Å². The summed E-state index contributed by atoms with van der Waals surface area (Å²) in [6.45, 7) is 15.8. The quantitative estimate of drug-likeness (QED) is 0.756. The van der Waals surface area contributed by atoms with Gasteiger partial charge in [0.1, 0.15) is 0 Å². The molecular formula is C12H27N3. The number of rotatable bonds is 4. The van der Waals surface area contributed by atoms with Crippen LogP contribution in [0.1, 0.15) is 27.7 Å². The molecule has 0 aromatic rings. The van der Waals surface area contributed by atoms with E-state index in [-0.39, 0.29) is 5.54 Å². The molecule has 0 unspecified atom stereocenters. The Bertz CT molecular complexity index is 176. The highest BCUT2D eigenvalue weighted by molar-refractivity contribution is 4.81. The van der Waals surface area contributed by atoms with Crippen molar-refractivity contribution in [1.29, 1.82) is 0 Å². The first-order valence-electron chi connectivity index (χ1n) is 6.10. The Balaban J connectivity index is 2.24. The summed E-state index contributed by atoms with van der Waals surface area (Å²) in [7, 11) is 0. The second-order valence-electron chi connectivity index (χ2n) is 5.96. The third-order valence-corrected chi connectivity index (χ3v) is 2.72. The van der Waals surface area contributed by atoms with E-state index < -0.39 is 0 Å². The van der Waals surface area contributed by atoms with E-state index in [1.165, 1.54) is 32.7 Å². The summed E-state index contributed by atoms with van der Waals surface area (Å²) in [6, 6.07) is 0. The van der Waals surface area contributed by atoms with Gasteiger partial charge in [0.15, 0.2) is 0 Å².